The highest BCUT2D eigenvalue weighted by Gasteiger charge is 2.06. The molecule has 0 spiro atoms. The normalized spacial score (nSPS) is 10.6. The average molecular weight is 390 g/mol. The fourth-order valence-corrected chi connectivity index (χ4v) is 2.62. The lowest BCUT2D eigenvalue weighted by Gasteiger charge is -2.12. The van der Waals surface area contributed by atoms with Crippen molar-refractivity contribution in [3.63, 3.8) is 0 Å². The number of aryl methyl sites for hydroxylation is 1. The van der Waals surface area contributed by atoms with Crippen LogP contribution in [-0.4, -0.2) is 12.1 Å². The Morgan fingerprint density at radius 3 is 2.52 bits per heavy atom. The van der Waals surface area contributed by atoms with Crippen LogP contribution < -0.4 is 10.1 Å². The standard InChI is InChI=1S/C17H15IN2O/c1-11-9-17(20-13-5-3-12(18)4-6-13)15-10-14(21-2)7-8-16(15)19-11/h3-10H,1-2H3,(H,19,20). The number of hydrogen-bond donors (Lipinski definition) is 1. The summed E-state index contributed by atoms with van der Waals surface area (Å²) < 4.78 is 6.54. The van der Waals surface area contributed by atoms with Crippen LogP contribution >= 0.6 is 22.6 Å². The molecule has 106 valence electrons. The maximum Gasteiger partial charge on any atom is 0.119 e. The number of nitrogens with one attached hydrogen (secondary N) is 1. The highest BCUT2D eigenvalue weighted by Crippen LogP contribution is 2.29. The van der Waals surface area contributed by atoms with Crippen LogP contribution in [0.1, 0.15) is 5.69 Å². The van der Waals surface area contributed by atoms with Crippen molar-refractivity contribution in [1.82, 2.24) is 4.98 Å². The van der Waals surface area contributed by atoms with Crippen LogP contribution in [0.4, 0.5) is 11.4 Å². The molecule has 0 aliphatic heterocycles. The Balaban J connectivity index is 2.09. The van der Waals surface area contributed by atoms with E-state index in [1.165, 1.54) is 3.57 Å². The van der Waals surface area contributed by atoms with Gasteiger partial charge in [-0.05, 0) is 78.0 Å². The number of nitrogens with zero attached hydrogens (tertiary/aromatic N) is 1. The zero-order valence-electron chi connectivity index (χ0n) is 11.9. The largest absolute Gasteiger partial charge is 0.497 e. The summed E-state index contributed by atoms with van der Waals surface area (Å²) in [5.74, 6) is 0.832. The zero-order chi connectivity index (χ0) is 14.8. The van der Waals surface area contributed by atoms with Gasteiger partial charge in [0.25, 0.3) is 0 Å². The Bertz CT molecular complexity index is 785. The molecule has 21 heavy (non-hydrogen) atoms. The second-order valence-corrected chi connectivity index (χ2v) is 6.07. The minimum absolute atomic E-state index is 0.832. The Morgan fingerprint density at radius 2 is 1.81 bits per heavy atom. The molecule has 1 aromatic heterocycles. The van der Waals surface area contributed by atoms with Crippen molar-refractivity contribution in [2.24, 2.45) is 0 Å². The molecule has 0 saturated heterocycles. The van der Waals surface area contributed by atoms with Gasteiger partial charge in [-0.25, -0.2) is 0 Å². The molecule has 0 radical (unpaired) electrons. The maximum atomic E-state index is 5.32. The first-order valence-corrected chi connectivity index (χ1v) is 7.71. The highest BCUT2D eigenvalue weighted by atomic mass is 127. The van der Waals surface area contributed by atoms with Crippen LogP contribution in [0.25, 0.3) is 10.9 Å². The predicted molar refractivity (Wildman–Crippen MR) is 95.5 cm³/mol. The number of pyridine rings is 1. The number of methoxy groups -OCH3 is 1. The summed E-state index contributed by atoms with van der Waals surface area (Å²) in [5, 5.41) is 4.52. The van der Waals surface area contributed by atoms with E-state index in [9.17, 15) is 0 Å². The first kappa shape index (κ1) is 14.1. The minimum atomic E-state index is 0.832. The van der Waals surface area contributed by atoms with Gasteiger partial charge < -0.3 is 10.1 Å². The molecular formula is C17H15IN2O. The Morgan fingerprint density at radius 1 is 1.05 bits per heavy atom. The van der Waals surface area contributed by atoms with Crippen LogP contribution in [0.5, 0.6) is 5.75 Å². The van der Waals surface area contributed by atoms with E-state index < -0.39 is 0 Å². The predicted octanol–water partition coefficient (Wildman–Crippen LogP) is 4.90. The van der Waals surface area contributed by atoms with Crippen LogP contribution in [-0.2, 0) is 0 Å². The lowest BCUT2D eigenvalue weighted by molar-refractivity contribution is 0.415. The van der Waals surface area contributed by atoms with Gasteiger partial charge in [-0.15, -0.1) is 0 Å². The minimum Gasteiger partial charge on any atom is -0.497 e. The Kier molecular flexibility index (Phi) is 3.96. The first-order chi connectivity index (χ1) is 10.2. The van der Waals surface area contributed by atoms with Crippen LogP contribution in [0.2, 0.25) is 0 Å². The summed E-state index contributed by atoms with van der Waals surface area (Å²) >= 11 is 2.30. The molecule has 3 nitrogen and oxygen atoms in total. The molecular weight excluding hydrogens is 375 g/mol. The second kappa shape index (κ2) is 5.89. The van der Waals surface area contributed by atoms with Crippen molar-refractivity contribution in [3.05, 3.63) is 57.8 Å². The molecule has 1 N–H and O–H groups in total. The van der Waals surface area contributed by atoms with Crippen molar-refractivity contribution >= 4 is 44.9 Å². The van der Waals surface area contributed by atoms with Gasteiger partial charge in [0, 0.05) is 26.0 Å². The van der Waals surface area contributed by atoms with E-state index in [0.29, 0.717) is 0 Å². The zero-order valence-corrected chi connectivity index (χ0v) is 14.0. The smallest absolute Gasteiger partial charge is 0.119 e. The molecule has 4 heteroatoms. The summed E-state index contributed by atoms with van der Waals surface area (Å²) in [6, 6.07) is 16.3. The van der Waals surface area contributed by atoms with Gasteiger partial charge in [-0.3, -0.25) is 4.98 Å². The molecule has 0 atom stereocenters. The molecule has 3 rings (SSSR count). The second-order valence-electron chi connectivity index (χ2n) is 4.83. The molecule has 3 aromatic rings. The molecule has 0 amide bonds. The number of aromatic nitrogens is 1. The van der Waals surface area contributed by atoms with Gasteiger partial charge in [0.15, 0.2) is 0 Å². The molecule has 0 unspecified atom stereocenters. The average Bonchev–Trinajstić information content (AvgIpc) is 2.49. The Hall–Kier alpha value is -1.82. The third-order valence-corrected chi connectivity index (χ3v) is 3.99. The van der Waals surface area contributed by atoms with Gasteiger partial charge in [0.1, 0.15) is 5.75 Å². The van der Waals surface area contributed by atoms with Gasteiger partial charge in [-0.2, -0.15) is 0 Å². The monoisotopic (exact) mass is 390 g/mol. The van der Waals surface area contributed by atoms with Crippen molar-refractivity contribution in [2.75, 3.05) is 12.4 Å². The molecule has 2 aromatic carbocycles. The van der Waals surface area contributed by atoms with Crippen molar-refractivity contribution in [3.8, 4) is 5.75 Å². The number of anilines is 2. The van der Waals surface area contributed by atoms with Gasteiger partial charge in [0.2, 0.25) is 0 Å². The Labute approximate surface area is 137 Å². The molecule has 1 heterocycles. The van der Waals surface area contributed by atoms with E-state index in [1.807, 2.05) is 25.1 Å². The quantitative estimate of drug-likeness (QED) is 0.646. The lowest BCUT2D eigenvalue weighted by Crippen LogP contribution is -1.95. The number of hydrogen-bond acceptors (Lipinski definition) is 3. The van der Waals surface area contributed by atoms with Gasteiger partial charge in [0.05, 0.1) is 12.6 Å². The number of ether oxygens (including phenoxy) is 1. The van der Waals surface area contributed by atoms with E-state index in [2.05, 4.69) is 63.2 Å². The number of fused-ring (bicyclic) bond motifs is 1. The van der Waals surface area contributed by atoms with Crippen LogP contribution in [0.3, 0.4) is 0 Å². The van der Waals surface area contributed by atoms with Crippen molar-refractivity contribution < 1.29 is 4.74 Å². The van der Waals surface area contributed by atoms with Crippen LogP contribution in [0, 0.1) is 10.5 Å². The molecule has 0 fully saturated rings. The summed E-state index contributed by atoms with van der Waals surface area (Å²) in [5.41, 5.74) is 4.05. The van der Waals surface area contributed by atoms with E-state index in [-0.39, 0.29) is 0 Å². The SMILES string of the molecule is COc1ccc2nc(C)cc(Nc3ccc(I)cc3)c2c1. The highest BCUT2D eigenvalue weighted by molar-refractivity contribution is 14.1. The fourth-order valence-electron chi connectivity index (χ4n) is 2.26. The van der Waals surface area contributed by atoms with Crippen molar-refractivity contribution in [2.45, 2.75) is 6.92 Å². The van der Waals surface area contributed by atoms with Crippen molar-refractivity contribution in [1.29, 1.82) is 0 Å². The third kappa shape index (κ3) is 3.10. The summed E-state index contributed by atoms with van der Waals surface area (Å²) in [4.78, 5) is 4.57. The van der Waals surface area contributed by atoms with E-state index >= 15 is 0 Å². The van der Waals surface area contributed by atoms with Gasteiger partial charge in [-0.1, -0.05) is 0 Å². The fraction of sp³-hybridized carbons (Fsp3) is 0.118. The van der Waals surface area contributed by atoms with Crippen LogP contribution in [0.15, 0.2) is 48.5 Å². The molecule has 0 saturated carbocycles. The van der Waals surface area contributed by atoms with E-state index in [1.54, 1.807) is 7.11 Å². The summed E-state index contributed by atoms with van der Waals surface area (Å²) in [6.07, 6.45) is 0. The summed E-state index contributed by atoms with van der Waals surface area (Å²) in [7, 11) is 1.68. The molecule has 0 aliphatic carbocycles. The lowest BCUT2D eigenvalue weighted by atomic mass is 10.1. The molecule has 0 bridgehead atoms. The van der Waals surface area contributed by atoms with E-state index in [0.717, 1.165) is 33.7 Å². The van der Waals surface area contributed by atoms with E-state index in [4.69, 9.17) is 4.74 Å². The first-order valence-electron chi connectivity index (χ1n) is 6.64. The number of rotatable bonds is 3. The third-order valence-electron chi connectivity index (χ3n) is 3.27. The number of benzene rings is 2. The summed E-state index contributed by atoms with van der Waals surface area (Å²) in [6.45, 7) is 2.00. The number of halogens is 1. The molecule has 0 aliphatic rings. The van der Waals surface area contributed by atoms with Gasteiger partial charge >= 0.3 is 0 Å². The maximum absolute atomic E-state index is 5.32. The topological polar surface area (TPSA) is 34.1 Å².